The predicted octanol–water partition coefficient (Wildman–Crippen LogP) is 3.78. The summed E-state index contributed by atoms with van der Waals surface area (Å²) in [6, 6.07) is 7.88. The molecule has 0 spiro atoms. The average molecular weight is 328 g/mol. The van der Waals surface area contributed by atoms with Gasteiger partial charge in [0.25, 0.3) is 0 Å². The molecule has 5 nitrogen and oxygen atoms in total. The number of hydrogen-bond acceptors (Lipinski definition) is 4. The summed E-state index contributed by atoms with van der Waals surface area (Å²) in [6.07, 6.45) is -0.178. The number of benzene rings is 2. The number of nitrogens with one attached hydrogen (secondary N) is 1. The zero-order valence-corrected chi connectivity index (χ0v) is 12.1. The molecule has 110 valence electrons. The number of hydrogen-bond donors (Lipinski definition) is 4. The number of halogens is 2. The smallest absolute Gasteiger partial charge is 0.307 e. The third-order valence-electron chi connectivity index (χ3n) is 2.79. The van der Waals surface area contributed by atoms with Crippen LogP contribution in [0.15, 0.2) is 30.3 Å². The number of para-hydroxylation sites is 1. The van der Waals surface area contributed by atoms with Crippen molar-refractivity contribution in [2.75, 3.05) is 5.32 Å². The minimum Gasteiger partial charge on any atom is -0.504 e. The summed E-state index contributed by atoms with van der Waals surface area (Å²) in [7, 11) is 0. The summed E-state index contributed by atoms with van der Waals surface area (Å²) < 4.78 is 0. The molecule has 0 aliphatic rings. The van der Waals surface area contributed by atoms with E-state index in [1.807, 2.05) is 0 Å². The van der Waals surface area contributed by atoms with Crippen LogP contribution in [0.4, 0.5) is 11.4 Å². The Labute approximate surface area is 130 Å². The fourth-order valence-corrected chi connectivity index (χ4v) is 2.34. The van der Waals surface area contributed by atoms with Crippen molar-refractivity contribution in [3.05, 3.63) is 45.9 Å². The van der Waals surface area contributed by atoms with Gasteiger partial charge in [-0.15, -0.1) is 0 Å². The number of aromatic hydroxyl groups is 2. The van der Waals surface area contributed by atoms with Crippen LogP contribution in [-0.4, -0.2) is 21.3 Å². The van der Waals surface area contributed by atoms with Crippen LogP contribution < -0.4 is 5.32 Å². The van der Waals surface area contributed by atoms with Crippen LogP contribution in [0, 0.1) is 0 Å². The van der Waals surface area contributed by atoms with E-state index in [0.29, 0.717) is 11.3 Å². The molecule has 0 saturated carbocycles. The Morgan fingerprint density at radius 1 is 1.19 bits per heavy atom. The van der Waals surface area contributed by atoms with E-state index in [2.05, 4.69) is 5.32 Å². The van der Waals surface area contributed by atoms with Crippen LogP contribution in [0.1, 0.15) is 5.56 Å². The highest BCUT2D eigenvalue weighted by Gasteiger charge is 2.16. The van der Waals surface area contributed by atoms with Crippen molar-refractivity contribution >= 4 is 40.5 Å². The highest BCUT2D eigenvalue weighted by molar-refractivity contribution is 6.40. The van der Waals surface area contributed by atoms with Gasteiger partial charge < -0.3 is 20.6 Å². The second-order valence-corrected chi connectivity index (χ2v) is 5.05. The number of carbonyl (C=O) groups is 1. The number of phenolic OH excluding ortho intramolecular Hbond substituents is 2. The van der Waals surface area contributed by atoms with Gasteiger partial charge in [0, 0.05) is 11.8 Å². The third-order valence-corrected chi connectivity index (χ3v) is 3.46. The van der Waals surface area contributed by atoms with E-state index in [9.17, 15) is 15.0 Å². The Kier molecular flexibility index (Phi) is 4.45. The number of carboxylic acids is 1. The molecule has 4 N–H and O–H groups in total. The van der Waals surface area contributed by atoms with Gasteiger partial charge in [0.2, 0.25) is 0 Å². The van der Waals surface area contributed by atoms with Crippen LogP contribution in [0.2, 0.25) is 10.0 Å². The van der Waals surface area contributed by atoms with Crippen molar-refractivity contribution in [1.29, 1.82) is 0 Å². The molecule has 0 aromatic heterocycles. The lowest BCUT2D eigenvalue weighted by atomic mass is 10.1. The summed E-state index contributed by atoms with van der Waals surface area (Å²) in [5.74, 6) is -1.91. The molecule has 0 aliphatic heterocycles. The fraction of sp³-hybridized carbons (Fsp3) is 0.0714. The Morgan fingerprint density at radius 3 is 2.52 bits per heavy atom. The second-order valence-electron chi connectivity index (χ2n) is 4.27. The summed E-state index contributed by atoms with van der Waals surface area (Å²) in [5, 5.41) is 30.8. The number of phenols is 2. The molecule has 0 aliphatic carbocycles. The minimum atomic E-state index is -0.977. The first kappa shape index (κ1) is 15.3. The van der Waals surface area contributed by atoms with E-state index in [1.165, 1.54) is 0 Å². The average Bonchev–Trinajstić information content (AvgIpc) is 2.42. The molecule has 0 heterocycles. The Hall–Kier alpha value is -2.11. The van der Waals surface area contributed by atoms with Crippen molar-refractivity contribution in [2.45, 2.75) is 6.42 Å². The Bertz CT molecular complexity index is 704. The van der Waals surface area contributed by atoms with Gasteiger partial charge in [-0.25, -0.2) is 0 Å². The van der Waals surface area contributed by atoms with Crippen molar-refractivity contribution in [3.8, 4) is 11.5 Å². The zero-order chi connectivity index (χ0) is 15.6. The van der Waals surface area contributed by atoms with E-state index in [-0.39, 0.29) is 22.2 Å². The van der Waals surface area contributed by atoms with Gasteiger partial charge in [-0.05, 0) is 11.6 Å². The van der Waals surface area contributed by atoms with Crippen molar-refractivity contribution in [2.24, 2.45) is 0 Å². The first-order valence-corrected chi connectivity index (χ1v) is 6.62. The van der Waals surface area contributed by atoms with E-state index in [4.69, 9.17) is 28.3 Å². The standard InChI is InChI=1S/C14H11Cl2NO4/c15-8-6-10(18)14(21)12(16)13(8)17-9-4-2-1-3-7(9)5-11(19)20/h1-4,6,17-18,21H,5H2,(H,19,20). The fourth-order valence-electron chi connectivity index (χ4n) is 1.80. The second kappa shape index (κ2) is 6.11. The molecule has 0 radical (unpaired) electrons. The third kappa shape index (κ3) is 3.32. The van der Waals surface area contributed by atoms with Gasteiger partial charge in [0.05, 0.1) is 17.1 Å². The highest BCUT2D eigenvalue weighted by Crippen LogP contribution is 2.44. The quantitative estimate of drug-likeness (QED) is 0.507. The Morgan fingerprint density at radius 2 is 1.86 bits per heavy atom. The van der Waals surface area contributed by atoms with Gasteiger partial charge in [0.1, 0.15) is 5.02 Å². The van der Waals surface area contributed by atoms with Crippen LogP contribution in [0.5, 0.6) is 11.5 Å². The maximum absolute atomic E-state index is 10.9. The molecule has 0 atom stereocenters. The first-order chi connectivity index (χ1) is 9.90. The monoisotopic (exact) mass is 327 g/mol. The lowest BCUT2D eigenvalue weighted by Gasteiger charge is -2.15. The predicted molar refractivity (Wildman–Crippen MR) is 80.9 cm³/mol. The van der Waals surface area contributed by atoms with E-state index in [0.717, 1.165) is 6.07 Å². The summed E-state index contributed by atoms with van der Waals surface area (Å²) in [4.78, 5) is 10.9. The Balaban J connectivity index is 2.44. The largest absolute Gasteiger partial charge is 0.504 e. The molecule has 0 bridgehead atoms. The van der Waals surface area contributed by atoms with Gasteiger partial charge in [-0.1, -0.05) is 41.4 Å². The molecule has 0 amide bonds. The molecule has 2 aromatic rings. The molecule has 2 aromatic carbocycles. The summed E-state index contributed by atoms with van der Waals surface area (Å²) >= 11 is 11.9. The zero-order valence-electron chi connectivity index (χ0n) is 10.6. The molecule has 7 heteroatoms. The lowest BCUT2D eigenvalue weighted by molar-refractivity contribution is -0.136. The molecule has 0 fully saturated rings. The summed E-state index contributed by atoms with van der Waals surface area (Å²) in [5.41, 5.74) is 1.21. The molecule has 2 rings (SSSR count). The van der Waals surface area contributed by atoms with Crippen LogP contribution >= 0.6 is 23.2 Å². The maximum atomic E-state index is 10.9. The van der Waals surface area contributed by atoms with E-state index >= 15 is 0 Å². The van der Waals surface area contributed by atoms with Crippen LogP contribution in [-0.2, 0) is 11.2 Å². The number of rotatable bonds is 4. The van der Waals surface area contributed by atoms with Gasteiger partial charge in [0.15, 0.2) is 11.5 Å². The molecule has 21 heavy (non-hydrogen) atoms. The lowest BCUT2D eigenvalue weighted by Crippen LogP contribution is -2.04. The van der Waals surface area contributed by atoms with Gasteiger partial charge in [-0.2, -0.15) is 0 Å². The van der Waals surface area contributed by atoms with Crippen molar-refractivity contribution in [1.82, 2.24) is 0 Å². The number of aliphatic carboxylic acids is 1. The van der Waals surface area contributed by atoms with Gasteiger partial charge >= 0.3 is 5.97 Å². The molecular weight excluding hydrogens is 317 g/mol. The molecule has 0 unspecified atom stereocenters. The van der Waals surface area contributed by atoms with Crippen molar-refractivity contribution in [3.63, 3.8) is 0 Å². The van der Waals surface area contributed by atoms with Crippen LogP contribution in [0.3, 0.4) is 0 Å². The van der Waals surface area contributed by atoms with Gasteiger partial charge in [-0.3, -0.25) is 4.79 Å². The normalized spacial score (nSPS) is 10.4. The van der Waals surface area contributed by atoms with Crippen molar-refractivity contribution < 1.29 is 20.1 Å². The number of anilines is 2. The maximum Gasteiger partial charge on any atom is 0.307 e. The minimum absolute atomic E-state index is 0.0976. The molecular formula is C14H11Cl2NO4. The summed E-state index contributed by atoms with van der Waals surface area (Å²) in [6.45, 7) is 0. The molecule has 0 saturated heterocycles. The highest BCUT2D eigenvalue weighted by atomic mass is 35.5. The topological polar surface area (TPSA) is 89.8 Å². The van der Waals surface area contributed by atoms with Crippen LogP contribution in [0.25, 0.3) is 0 Å². The first-order valence-electron chi connectivity index (χ1n) is 5.86. The van der Waals surface area contributed by atoms with E-state index in [1.54, 1.807) is 24.3 Å². The number of carboxylic acid groups (broad SMARTS) is 1. The van der Waals surface area contributed by atoms with E-state index < -0.39 is 17.5 Å². The SMILES string of the molecule is O=C(O)Cc1ccccc1Nc1c(Cl)cc(O)c(O)c1Cl.